The average Bonchev–Trinajstić information content (AvgIpc) is 2.56. The molecule has 0 atom stereocenters. The number of hydrogen-bond donors (Lipinski definition) is 1. The molecule has 0 aromatic heterocycles. The van der Waals surface area contributed by atoms with E-state index in [0.29, 0.717) is 43.3 Å². The fourth-order valence-electron chi connectivity index (χ4n) is 2.48. The third kappa shape index (κ3) is 3.51. The molecule has 1 aromatic carbocycles. The van der Waals surface area contributed by atoms with Crippen molar-refractivity contribution in [2.75, 3.05) is 26.3 Å². The van der Waals surface area contributed by atoms with Crippen LogP contribution in [0.5, 0.6) is 5.75 Å². The number of hydrogen-bond acceptors (Lipinski definition) is 3. The monoisotopic (exact) mass is 277 g/mol. The highest BCUT2D eigenvalue weighted by molar-refractivity contribution is 5.97. The molecule has 0 saturated carbocycles. The number of nitrogens with zero attached hydrogens (tertiary/aromatic N) is 1. The van der Waals surface area contributed by atoms with E-state index in [-0.39, 0.29) is 12.5 Å². The number of benzene rings is 1. The summed E-state index contributed by atoms with van der Waals surface area (Å²) >= 11 is 0. The van der Waals surface area contributed by atoms with E-state index in [9.17, 15) is 4.79 Å². The smallest absolute Gasteiger partial charge is 0.257 e. The van der Waals surface area contributed by atoms with E-state index in [2.05, 4.69) is 13.8 Å². The lowest BCUT2D eigenvalue weighted by molar-refractivity contribution is 0.0744. The van der Waals surface area contributed by atoms with Gasteiger partial charge in [-0.05, 0) is 36.5 Å². The molecule has 1 amide bonds. The molecule has 1 aliphatic rings. The Morgan fingerprint density at radius 1 is 1.40 bits per heavy atom. The van der Waals surface area contributed by atoms with Crippen LogP contribution in [0.25, 0.3) is 0 Å². The van der Waals surface area contributed by atoms with Gasteiger partial charge in [-0.15, -0.1) is 0 Å². The molecule has 110 valence electrons. The minimum absolute atomic E-state index is 0.0107. The number of fused-ring (bicyclic) bond motifs is 1. The number of amides is 1. The van der Waals surface area contributed by atoms with Crippen LogP contribution in [0.2, 0.25) is 0 Å². The Kier molecular flexibility index (Phi) is 5.01. The second kappa shape index (κ2) is 6.75. The van der Waals surface area contributed by atoms with Gasteiger partial charge in [0.05, 0.1) is 12.1 Å². The molecule has 0 spiro atoms. The van der Waals surface area contributed by atoms with E-state index in [1.54, 1.807) is 4.90 Å². The van der Waals surface area contributed by atoms with Crippen molar-refractivity contribution in [1.82, 2.24) is 4.90 Å². The predicted molar refractivity (Wildman–Crippen MR) is 78.1 cm³/mol. The van der Waals surface area contributed by atoms with Gasteiger partial charge < -0.3 is 14.7 Å². The molecule has 2 rings (SSSR count). The Balaban J connectivity index is 2.23. The Bertz CT molecular complexity index is 469. The van der Waals surface area contributed by atoms with Crippen molar-refractivity contribution in [1.29, 1.82) is 0 Å². The van der Waals surface area contributed by atoms with Crippen LogP contribution in [-0.4, -0.2) is 42.2 Å². The van der Waals surface area contributed by atoms with Gasteiger partial charge in [0.2, 0.25) is 0 Å². The maximum atomic E-state index is 12.5. The zero-order chi connectivity index (χ0) is 14.5. The maximum Gasteiger partial charge on any atom is 0.257 e. The van der Waals surface area contributed by atoms with Crippen molar-refractivity contribution >= 4 is 5.91 Å². The van der Waals surface area contributed by atoms with Gasteiger partial charge in [-0.1, -0.05) is 19.9 Å². The molecule has 0 aliphatic carbocycles. The van der Waals surface area contributed by atoms with Crippen molar-refractivity contribution in [3.05, 3.63) is 29.3 Å². The lowest BCUT2D eigenvalue weighted by Crippen LogP contribution is -2.33. The van der Waals surface area contributed by atoms with Crippen LogP contribution in [0, 0.1) is 5.92 Å². The molecule has 4 heteroatoms. The van der Waals surface area contributed by atoms with E-state index in [1.807, 2.05) is 18.2 Å². The van der Waals surface area contributed by atoms with Crippen molar-refractivity contribution in [2.45, 2.75) is 26.7 Å². The fourth-order valence-corrected chi connectivity index (χ4v) is 2.48. The molecule has 1 aromatic rings. The van der Waals surface area contributed by atoms with Gasteiger partial charge >= 0.3 is 0 Å². The summed E-state index contributed by atoms with van der Waals surface area (Å²) in [5.74, 6) is 1.24. The minimum atomic E-state index is 0.0107. The highest BCUT2D eigenvalue weighted by atomic mass is 16.5. The van der Waals surface area contributed by atoms with Crippen molar-refractivity contribution in [3.8, 4) is 5.75 Å². The van der Waals surface area contributed by atoms with Gasteiger partial charge in [0, 0.05) is 13.2 Å². The summed E-state index contributed by atoms with van der Waals surface area (Å²) in [6, 6.07) is 5.89. The molecular formula is C16H23NO3. The third-order valence-electron chi connectivity index (χ3n) is 3.41. The molecule has 0 fully saturated rings. The zero-order valence-electron chi connectivity index (χ0n) is 12.3. The zero-order valence-corrected chi connectivity index (χ0v) is 12.3. The van der Waals surface area contributed by atoms with E-state index >= 15 is 0 Å². The summed E-state index contributed by atoms with van der Waals surface area (Å²) in [5.41, 5.74) is 1.82. The van der Waals surface area contributed by atoms with Crippen LogP contribution in [0.3, 0.4) is 0 Å². The van der Waals surface area contributed by atoms with E-state index in [4.69, 9.17) is 9.84 Å². The fraction of sp³-hybridized carbons (Fsp3) is 0.562. The molecule has 4 nitrogen and oxygen atoms in total. The Morgan fingerprint density at radius 3 is 2.90 bits per heavy atom. The molecule has 0 unspecified atom stereocenters. The van der Waals surface area contributed by atoms with Gasteiger partial charge in [0.15, 0.2) is 0 Å². The quantitative estimate of drug-likeness (QED) is 0.896. The number of aliphatic hydroxyl groups is 1. The van der Waals surface area contributed by atoms with Crippen LogP contribution in [0.15, 0.2) is 18.2 Å². The normalized spacial score (nSPS) is 15.0. The summed E-state index contributed by atoms with van der Waals surface area (Å²) in [4.78, 5) is 14.3. The number of carbonyl (C=O) groups excluding carboxylic acids is 1. The van der Waals surface area contributed by atoms with Gasteiger partial charge in [-0.25, -0.2) is 0 Å². The predicted octanol–water partition coefficient (Wildman–Crippen LogP) is 2.10. The van der Waals surface area contributed by atoms with E-state index in [1.165, 1.54) is 5.56 Å². The highest BCUT2D eigenvalue weighted by Crippen LogP contribution is 2.25. The summed E-state index contributed by atoms with van der Waals surface area (Å²) in [6.45, 7) is 6.09. The van der Waals surface area contributed by atoms with Gasteiger partial charge in [0.1, 0.15) is 12.4 Å². The topological polar surface area (TPSA) is 49.8 Å². The van der Waals surface area contributed by atoms with Crippen LogP contribution < -0.4 is 4.74 Å². The molecule has 20 heavy (non-hydrogen) atoms. The molecule has 1 heterocycles. The largest absolute Gasteiger partial charge is 0.491 e. The van der Waals surface area contributed by atoms with Crippen LogP contribution in [0.4, 0.5) is 0 Å². The molecular weight excluding hydrogens is 254 g/mol. The van der Waals surface area contributed by atoms with Crippen LogP contribution in [0.1, 0.15) is 36.2 Å². The number of carbonyl (C=O) groups is 1. The Hall–Kier alpha value is -1.55. The summed E-state index contributed by atoms with van der Waals surface area (Å²) in [6.07, 6.45) is 1.56. The molecule has 0 radical (unpaired) electrons. The average molecular weight is 277 g/mol. The first-order valence-electron chi connectivity index (χ1n) is 7.27. The Labute approximate surface area is 120 Å². The standard InChI is InChI=1S/C16H23NO3/c1-12(2)10-13-4-5-15-14(11-13)16(19)17(6-3-8-18)7-9-20-15/h4-5,11-12,18H,3,6-10H2,1-2H3. The second-order valence-corrected chi connectivity index (χ2v) is 5.65. The number of ether oxygens (including phenoxy) is 1. The Morgan fingerprint density at radius 2 is 2.20 bits per heavy atom. The maximum absolute atomic E-state index is 12.5. The second-order valence-electron chi connectivity index (χ2n) is 5.65. The van der Waals surface area contributed by atoms with E-state index in [0.717, 1.165) is 6.42 Å². The van der Waals surface area contributed by atoms with Gasteiger partial charge in [-0.3, -0.25) is 4.79 Å². The van der Waals surface area contributed by atoms with Crippen molar-refractivity contribution < 1.29 is 14.6 Å². The lowest BCUT2D eigenvalue weighted by Gasteiger charge is -2.19. The number of rotatable bonds is 5. The lowest BCUT2D eigenvalue weighted by atomic mass is 10.00. The van der Waals surface area contributed by atoms with Crippen LogP contribution in [-0.2, 0) is 6.42 Å². The van der Waals surface area contributed by atoms with E-state index < -0.39 is 0 Å². The number of aliphatic hydroxyl groups excluding tert-OH is 1. The highest BCUT2D eigenvalue weighted by Gasteiger charge is 2.23. The van der Waals surface area contributed by atoms with Crippen LogP contribution >= 0.6 is 0 Å². The first-order chi connectivity index (χ1) is 9.61. The third-order valence-corrected chi connectivity index (χ3v) is 3.41. The summed E-state index contributed by atoms with van der Waals surface area (Å²) in [7, 11) is 0. The first kappa shape index (κ1) is 14.9. The molecule has 1 N–H and O–H groups in total. The van der Waals surface area contributed by atoms with Crippen molar-refractivity contribution in [3.63, 3.8) is 0 Å². The SMILES string of the molecule is CC(C)Cc1ccc2c(c1)C(=O)N(CCCO)CCO2. The summed E-state index contributed by atoms with van der Waals surface area (Å²) < 4.78 is 5.66. The summed E-state index contributed by atoms with van der Waals surface area (Å²) in [5, 5.41) is 8.92. The van der Waals surface area contributed by atoms with Gasteiger partial charge in [0.25, 0.3) is 5.91 Å². The molecule has 0 saturated heterocycles. The minimum Gasteiger partial charge on any atom is -0.491 e. The van der Waals surface area contributed by atoms with Gasteiger partial charge in [-0.2, -0.15) is 0 Å². The first-order valence-corrected chi connectivity index (χ1v) is 7.27. The van der Waals surface area contributed by atoms with Crippen molar-refractivity contribution in [2.24, 2.45) is 5.92 Å². The molecule has 0 bridgehead atoms. The molecule has 1 aliphatic heterocycles.